The van der Waals surface area contributed by atoms with Gasteiger partial charge in [0.15, 0.2) is 0 Å². The molecular weight excluding hydrogens is 237 g/mol. The van der Waals surface area contributed by atoms with Crippen LogP contribution in [0.3, 0.4) is 0 Å². The van der Waals surface area contributed by atoms with E-state index in [9.17, 15) is 4.79 Å². The van der Waals surface area contributed by atoms with Crippen molar-refractivity contribution in [1.82, 2.24) is 0 Å². The predicted octanol–water partition coefficient (Wildman–Crippen LogP) is 1.39. The molecule has 0 fully saturated rings. The van der Waals surface area contributed by atoms with Gasteiger partial charge < -0.3 is 5.73 Å². The number of amides is 1. The highest BCUT2D eigenvalue weighted by Gasteiger charge is 1.96. The minimum atomic E-state index is -0.378. The quantitative estimate of drug-likeness (QED) is 0.744. The molecule has 3 heteroatoms. The molecule has 1 aromatic carbocycles. The van der Waals surface area contributed by atoms with Gasteiger partial charge in [-0.2, -0.15) is 0 Å². The van der Waals surface area contributed by atoms with Gasteiger partial charge in [-0.1, -0.05) is 0 Å². The van der Waals surface area contributed by atoms with Crippen LogP contribution in [-0.2, 0) is 0 Å². The molecule has 0 unspecified atom stereocenters. The zero-order valence-corrected chi connectivity index (χ0v) is 7.33. The van der Waals surface area contributed by atoms with Gasteiger partial charge in [0.2, 0.25) is 5.91 Å². The molecule has 0 atom stereocenters. The van der Waals surface area contributed by atoms with Crippen molar-refractivity contribution in [1.29, 1.82) is 0 Å². The van der Waals surface area contributed by atoms with Crippen LogP contribution in [0.5, 0.6) is 0 Å². The topological polar surface area (TPSA) is 43.1 Å². The summed E-state index contributed by atoms with van der Waals surface area (Å²) in [5, 5.41) is 0. The standard InChI is InChI=1S/C7H6INO/c8-6-3-1-5(2-4-6)7(9)10/h1-4H,(H2,9,10)/i8-4. The van der Waals surface area contributed by atoms with Gasteiger partial charge in [-0.3, -0.25) is 4.79 Å². The summed E-state index contributed by atoms with van der Waals surface area (Å²) in [5.74, 6) is -0.378. The van der Waals surface area contributed by atoms with Crippen LogP contribution in [0, 0.1) is 3.57 Å². The number of nitrogens with two attached hydrogens (primary N) is 1. The summed E-state index contributed by atoms with van der Waals surface area (Å²) >= 11 is 2.17. The van der Waals surface area contributed by atoms with E-state index in [2.05, 4.69) is 22.6 Å². The van der Waals surface area contributed by atoms with E-state index >= 15 is 0 Å². The highest BCUT2D eigenvalue weighted by molar-refractivity contribution is 14.1. The average molecular weight is 243 g/mol. The highest BCUT2D eigenvalue weighted by atomic mass is 123. The summed E-state index contributed by atoms with van der Waals surface area (Å²) in [6.45, 7) is 0. The third-order valence-corrected chi connectivity index (χ3v) is 1.85. The number of hydrogen-bond acceptors (Lipinski definition) is 1. The van der Waals surface area contributed by atoms with Crippen molar-refractivity contribution in [3.05, 3.63) is 33.4 Å². The Kier molecular flexibility index (Phi) is 2.26. The number of carbonyl (C=O) groups is 1. The molecular formula is C7H6INO. The maximum absolute atomic E-state index is 10.5. The average Bonchev–Trinajstić information content (AvgIpc) is 1.88. The van der Waals surface area contributed by atoms with Crippen LogP contribution in [0.2, 0.25) is 0 Å². The van der Waals surface area contributed by atoms with Crippen LogP contribution >= 0.6 is 22.6 Å². The lowest BCUT2D eigenvalue weighted by Gasteiger charge is -1.92. The molecule has 0 spiro atoms. The van der Waals surface area contributed by atoms with Crippen LogP contribution < -0.4 is 5.73 Å². The summed E-state index contributed by atoms with van der Waals surface area (Å²) in [4.78, 5) is 10.5. The summed E-state index contributed by atoms with van der Waals surface area (Å²) in [7, 11) is 0. The van der Waals surface area contributed by atoms with Gasteiger partial charge in [-0.05, 0) is 46.9 Å². The first kappa shape index (κ1) is 7.53. The minimum absolute atomic E-state index is 0.378. The van der Waals surface area contributed by atoms with Crippen molar-refractivity contribution in [2.24, 2.45) is 5.73 Å². The Morgan fingerprint density at radius 3 is 2.20 bits per heavy atom. The molecule has 52 valence electrons. The fourth-order valence-corrected chi connectivity index (χ4v) is 0.974. The Bertz CT molecular complexity index is 242. The Morgan fingerprint density at radius 2 is 1.80 bits per heavy atom. The normalized spacial score (nSPS) is 9.30. The molecule has 2 N–H and O–H groups in total. The lowest BCUT2D eigenvalue weighted by atomic mass is 10.2. The molecule has 10 heavy (non-hydrogen) atoms. The molecule has 0 radical (unpaired) electrons. The maximum atomic E-state index is 10.5. The first-order chi connectivity index (χ1) is 4.70. The summed E-state index contributed by atoms with van der Waals surface area (Å²) in [6, 6.07) is 7.12. The zero-order valence-electron chi connectivity index (χ0n) is 5.17. The molecule has 1 aromatic rings. The van der Waals surface area contributed by atoms with Gasteiger partial charge in [-0.15, -0.1) is 0 Å². The van der Waals surface area contributed by atoms with Crippen LogP contribution in [0.4, 0.5) is 0 Å². The zero-order chi connectivity index (χ0) is 7.56. The van der Waals surface area contributed by atoms with Crippen molar-refractivity contribution in [2.45, 2.75) is 0 Å². The first-order valence-corrected chi connectivity index (χ1v) is 3.83. The third-order valence-electron chi connectivity index (χ3n) is 1.13. The summed E-state index contributed by atoms with van der Waals surface area (Å²) in [5.41, 5.74) is 5.58. The Balaban J connectivity index is 3.00. The van der Waals surface area contributed by atoms with Gasteiger partial charge in [0.1, 0.15) is 0 Å². The lowest BCUT2D eigenvalue weighted by molar-refractivity contribution is 0.100. The van der Waals surface area contributed by atoms with Gasteiger partial charge in [0.25, 0.3) is 0 Å². The van der Waals surface area contributed by atoms with Crippen molar-refractivity contribution in [2.75, 3.05) is 0 Å². The van der Waals surface area contributed by atoms with Crippen LogP contribution in [-0.4, -0.2) is 5.91 Å². The summed E-state index contributed by atoms with van der Waals surface area (Å²) < 4.78 is 1.10. The molecule has 0 aromatic heterocycles. The number of hydrogen-bond donors (Lipinski definition) is 1. The molecule has 0 saturated carbocycles. The van der Waals surface area contributed by atoms with Crippen molar-refractivity contribution in [3.63, 3.8) is 0 Å². The molecule has 0 aliphatic rings. The van der Waals surface area contributed by atoms with Crippen LogP contribution in [0.25, 0.3) is 0 Å². The molecule has 0 aliphatic heterocycles. The Labute approximate surface area is 72.6 Å². The predicted molar refractivity (Wildman–Crippen MR) is 47.7 cm³/mol. The maximum Gasteiger partial charge on any atom is 0.248 e. The lowest BCUT2D eigenvalue weighted by Crippen LogP contribution is -2.10. The largest absolute Gasteiger partial charge is 0.366 e. The third kappa shape index (κ3) is 1.70. The van der Waals surface area contributed by atoms with Gasteiger partial charge in [-0.25, -0.2) is 0 Å². The molecule has 1 rings (SSSR count). The van der Waals surface area contributed by atoms with E-state index in [1.54, 1.807) is 12.1 Å². The number of benzene rings is 1. The first-order valence-electron chi connectivity index (χ1n) is 2.75. The summed E-state index contributed by atoms with van der Waals surface area (Å²) in [6.07, 6.45) is 0. The minimum Gasteiger partial charge on any atom is -0.366 e. The molecule has 0 bridgehead atoms. The number of halogens is 1. The SMILES string of the molecule is NC(=O)c1ccc([123I])cc1. The second-order valence-electron chi connectivity index (χ2n) is 1.87. The fourth-order valence-electron chi connectivity index (χ4n) is 0.614. The van der Waals surface area contributed by atoms with E-state index < -0.39 is 0 Å². The van der Waals surface area contributed by atoms with Gasteiger partial charge in [0, 0.05) is 9.13 Å². The molecule has 2 nitrogen and oxygen atoms in total. The van der Waals surface area contributed by atoms with E-state index in [1.165, 1.54) is 0 Å². The molecule has 0 heterocycles. The van der Waals surface area contributed by atoms with E-state index in [-0.39, 0.29) is 5.91 Å². The number of rotatable bonds is 1. The number of carbonyl (C=O) groups excluding carboxylic acids is 1. The van der Waals surface area contributed by atoms with Crippen molar-refractivity contribution >= 4 is 28.5 Å². The monoisotopic (exact) mass is 243 g/mol. The fraction of sp³-hybridized carbons (Fsp3) is 0. The molecule has 1 amide bonds. The van der Waals surface area contributed by atoms with E-state index in [0.717, 1.165) is 3.57 Å². The number of primary amides is 1. The van der Waals surface area contributed by atoms with Crippen molar-refractivity contribution in [3.8, 4) is 0 Å². The second kappa shape index (κ2) is 3.01. The molecule has 0 saturated heterocycles. The van der Waals surface area contributed by atoms with Crippen LogP contribution in [0.1, 0.15) is 10.4 Å². The second-order valence-corrected chi connectivity index (χ2v) is 3.12. The van der Waals surface area contributed by atoms with E-state index in [0.29, 0.717) is 5.56 Å². The molecule has 0 aliphatic carbocycles. The van der Waals surface area contributed by atoms with E-state index in [4.69, 9.17) is 5.73 Å². The van der Waals surface area contributed by atoms with Gasteiger partial charge in [0.05, 0.1) is 0 Å². The van der Waals surface area contributed by atoms with Crippen LogP contribution in [0.15, 0.2) is 24.3 Å². The smallest absolute Gasteiger partial charge is 0.248 e. The van der Waals surface area contributed by atoms with Gasteiger partial charge >= 0.3 is 0 Å². The Hall–Kier alpha value is -0.580. The van der Waals surface area contributed by atoms with Crippen molar-refractivity contribution < 1.29 is 4.79 Å². The Morgan fingerprint density at radius 1 is 1.30 bits per heavy atom. The van der Waals surface area contributed by atoms with E-state index in [1.807, 2.05) is 12.1 Å². The highest BCUT2D eigenvalue weighted by Crippen LogP contribution is 2.05.